The summed E-state index contributed by atoms with van der Waals surface area (Å²) in [6, 6.07) is 5.97. The Labute approximate surface area is 170 Å². The van der Waals surface area contributed by atoms with E-state index in [1.165, 1.54) is 18.3 Å². The Morgan fingerprint density at radius 2 is 1.66 bits per heavy atom. The zero-order chi connectivity index (χ0) is 21.4. The molecule has 0 aliphatic heterocycles. The van der Waals surface area contributed by atoms with E-state index in [2.05, 4.69) is 4.99 Å². The number of benzene rings is 1. The van der Waals surface area contributed by atoms with Crippen molar-refractivity contribution in [2.75, 3.05) is 13.4 Å². The summed E-state index contributed by atoms with van der Waals surface area (Å²) >= 11 is 0. The summed E-state index contributed by atoms with van der Waals surface area (Å²) in [6.45, 7) is 5.86. The van der Waals surface area contributed by atoms with Crippen molar-refractivity contribution in [3.63, 3.8) is 0 Å². The molecule has 1 fully saturated rings. The molecule has 0 amide bonds. The molecule has 7 nitrogen and oxygen atoms in total. The molecule has 2 rings (SSSR count). The predicted octanol–water partition coefficient (Wildman–Crippen LogP) is 3.46. The molecule has 0 spiro atoms. The summed E-state index contributed by atoms with van der Waals surface area (Å²) in [4.78, 5) is 52.8. The lowest BCUT2D eigenvalue weighted by atomic mass is 9.66. The van der Waals surface area contributed by atoms with E-state index in [-0.39, 0.29) is 29.3 Å². The summed E-state index contributed by atoms with van der Waals surface area (Å²) in [5.74, 6) is -2.80. The quantitative estimate of drug-likeness (QED) is 0.119. The minimum Gasteiger partial charge on any atom is -0.432 e. The Morgan fingerprint density at radius 3 is 2.17 bits per heavy atom. The van der Waals surface area contributed by atoms with Crippen LogP contribution in [0.25, 0.3) is 0 Å². The van der Waals surface area contributed by atoms with Crippen LogP contribution >= 0.6 is 0 Å². The van der Waals surface area contributed by atoms with Gasteiger partial charge in [-0.2, -0.15) is 0 Å². The van der Waals surface area contributed by atoms with Gasteiger partial charge >= 0.3 is 5.97 Å². The van der Waals surface area contributed by atoms with Crippen molar-refractivity contribution in [1.29, 1.82) is 0 Å². The average Bonchev–Trinajstić information content (AvgIpc) is 2.73. The molecule has 0 atom stereocenters. The maximum Gasteiger partial charge on any atom is 0.381 e. The zero-order valence-corrected chi connectivity index (χ0v) is 17.1. The van der Waals surface area contributed by atoms with Crippen molar-refractivity contribution in [2.24, 2.45) is 16.3 Å². The van der Waals surface area contributed by atoms with Crippen molar-refractivity contribution in [2.45, 2.75) is 46.5 Å². The van der Waals surface area contributed by atoms with Crippen LogP contribution in [-0.4, -0.2) is 42.9 Å². The minimum atomic E-state index is -0.997. The second-order valence-electron chi connectivity index (χ2n) is 7.17. The van der Waals surface area contributed by atoms with Crippen molar-refractivity contribution in [1.82, 2.24) is 0 Å². The van der Waals surface area contributed by atoms with Gasteiger partial charge in [-0.1, -0.05) is 13.8 Å². The highest BCUT2D eigenvalue weighted by atomic mass is 16.7. The number of nitrogens with zero attached hydrogens (tertiary/aromatic N) is 1. The van der Waals surface area contributed by atoms with Crippen LogP contribution in [0.5, 0.6) is 0 Å². The lowest BCUT2D eigenvalue weighted by Gasteiger charge is -2.36. The number of ether oxygens (including phenoxy) is 2. The normalized spacial score (nSPS) is 16.9. The van der Waals surface area contributed by atoms with Gasteiger partial charge in [-0.05, 0) is 49.4 Å². The standard InChI is InChI=1S/C22H27NO6/c1-4-22(5-2)11-18(24)17(19(25)12-22)13-23-16-9-7-15(8-10-16)20(26)21(27)29-14-28-6-3/h7-10,13,17H,4-6,11-12,14H2,1-3H3. The summed E-state index contributed by atoms with van der Waals surface area (Å²) in [7, 11) is 0. The van der Waals surface area contributed by atoms with Gasteiger partial charge in [0.25, 0.3) is 5.78 Å². The molecule has 156 valence electrons. The number of carbonyl (C=O) groups excluding carboxylic acids is 4. The molecule has 0 saturated heterocycles. The van der Waals surface area contributed by atoms with Crippen LogP contribution in [0, 0.1) is 11.3 Å². The van der Waals surface area contributed by atoms with E-state index < -0.39 is 17.7 Å². The van der Waals surface area contributed by atoms with Gasteiger partial charge in [0.05, 0.1) is 5.69 Å². The van der Waals surface area contributed by atoms with Crippen molar-refractivity contribution in [3.05, 3.63) is 29.8 Å². The van der Waals surface area contributed by atoms with Crippen molar-refractivity contribution in [3.8, 4) is 0 Å². The van der Waals surface area contributed by atoms with Gasteiger partial charge in [0.1, 0.15) is 17.5 Å². The fourth-order valence-electron chi connectivity index (χ4n) is 3.34. The largest absolute Gasteiger partial charge is 0.432 e. The second-order valence-corrected chi connectivity index (χ2v) is 7.17. The molecule has 0 aromatic heterocycles. The summed E-state index contributed by atoms with van der Waals surface area (Å²) in [6.07, 6.45) is 3.76. The average molecular weight is 401 g/mol. The van der Waals surface area contributed by atoms with Crippen LogP contribution in [-0.2, 0) is 23.9 Å². The molecule has 0 unspecified atom stereocenters. The highest BCUT2D eigenvalue weighted by Crippen LogP contribution is 2.40. The van der Waals surface area contributed by atoms with Crippen molar-refractivity contribution < 1.29 is 28.7 Å². The fourth-order valence-corrected chi connectivity index (χ4v) is 3.34. The summed E-state index contributed by atoms with van der Waals surface area (Å²) in [5.41, 5.74) is 0.413. The first-order valence-electron chi connectivity index (χ1n) is 9.84. The van der Waals surface area contributed by atoms with E-state index in [9.17, 15) is 19.2 Å². The van der Waals surface area contributed by atoms with Gasteiger partial charge in [0.2, 0.25) is 0 Å². The molecule has 0 bridgehead atoms. The van der Waals surface area contributed by atoms with E-state index in [0.717, 1.165) is 12.8 Å². The van der Waals surface area contributed by atoms with Crippen LogP contribution in [0.4, 0.5) is 5.69 Å². The highest BCUT2D eigenvalue weighted by molar-refractivity contribution is 6.40. The molecule has 0 N–H and O–H groups in total. The lowest BCUT2D eigenvalue weighted by molar-refractivity contribution is -0.150. The first-order chi connectivity index (χ1) is 13.9. The summed E-state index contributed by atoms with van der Waals surface area (Å²) in [5, 5.41) is 0. The van der Waals surface area contributed by atoms with E-state index in [1.54, 1.807) is 19.1 Å². The highest BCUT2D eigenvalue weighted by Gasteiger charge is 2.42. The third kappa shape index (κ3) is 5.67. The Hall–Kier alpha value is -2.67. The number of esters is 1. The molecule has 0 heterocycles. The Morgan fingerprint density at radius 1 is 1.07 bits per heavy atom. The monoisotopic (exact) mass is 401 g/mol. The van der Waals surface area contributed by atoms with E-state index in [4.69, 9.17) is 9.47 Å². The fraction of sp³-hybridized carbons (Fsp3) is 0.500. The van der Waals surface area contributed by atoms with Gasteiger partial charge in [-0.3, -0.25) is 19.4 Å². The molecule has 1 saturated carbocycles. The topological polar surface area (TPSA) is 99.1 Å². The van der Waals surface area contributed by atoms with E-state index in [1.807, 2.05) is 13.8 Å². The van der Waals surface area contributed by atoms with Gasteiger partial charge in [-0.15, -0.1) is 0 Å². The second kappa shape index (κ2) is 10.2. The number of hydrogen-bond acceptors (Lipinski definition) is 7. The van der Waals surface area contributed by atoms with E-state index in [0.29, 0.717) is 25.1 Å². The maximum atomic E-state index is 12.5. The number of aliphatic imine (C=N–C) groups is 1. The molecule has 1 aliphatic rings. The van der Waals surface area contributed by atoms with Crippen molar-refractivity contribution >= 4 is 35.2 Å². The SMILES string of the molecule is CCOCOC(=O)C(=O)c1ccc(N=CC2C(=O)CC(CC)(CC)CC2=O)cc1. The smallest absolute Gasteiger partial charge is 0.381 e. The molecular weight excluding hydrogens is 374 g/mol. The van der Waals surface area contributed by atoms with Gasteiger partial charge in [0.15, 0.2) is 6.79 Å². The number of ketones is 3. The minimum absolute atomic E-state index is 0.0995. The van der Waals surface area contributed by atoms with Gasteiger partial charge < -0.3 is 9.47 Å². The Balaban J connectivity index is 2.01. The maximum absolute atomic E-state index is 12.5. The predicted molar refractivity (Wildman–Crippen MR) is 107 cm³/mol. The first-order valence-corrected chi connectivity index (χ1v) is 9.84. The van der Waals surface area contributed by atoms with E-state index >= 15 is 0 Å². The molecule has 1 aromatic carbocycles. The third-order valence-corrected chi connectivity index (χ3v) is 5.46. The third-order valence-electron chi connectivity index (χ3n) is 5.46. The molecule has 0 radical (unpaired) electrons. The summed E-state index contributed by atoms with van der Waals surface area (Å²) < 4.78 is 9.57. The molecule has 1 aromatic rings. The van der Waals surface area contributed by atoms with Crippen LogP contribution in [0.1, 0.15) is 56.8 Å². The lowest BCUT2D eigenvalue weighted by Crippen LogP contribution is -2.40. The van der Waals surface area contributed by atoms with Crippen LogP contribution in [0.2, 0.25) is 0 Å². The molecular formula is C22H27NO6. The molecule has 29 heavy (non-hydrogen) atoms. The Kier molecular flexibility index (Phi) is 7.96. The van der Waals surface area contributed by atoms with Crippen LogP contribution in [0.15, 0.2) is 29.3 Å². The Bertz CT molecular complexity index is 772. The number of rotatable bonds is 9. The molecule has 7 heteroatoms. The number of hydrogen-bond donors (Lipinski definition) is 0. The number of Topliss-reactive ketones (excluding diaryl/α,β-unsaturated/α-hetero) is 3. The number of carbonyl (C=O) groups is 4. The van der Waals surface area contributed by atoms with Crippen LogP contribution < -0.4 is 0 Å². The first kappa shape index (κ1) is 22.6. The molecule has 1 aliphatic carbocycles. The van der Waals surface area contributed by atoms with Gasteiger partial charge in [-0.25, -0.2) is 4.79 Å². The van der Waals surface area contributed by atoms with Crippen LogP contribution in [0.3, 0.4) is 0 Å². The van der Waals surface area contributed by atoms with Gasteiger partial charge in [0, 0.05) is 31.2 Å². The zero-order valence-electron chi connectivity index (χ0n) is 17.1.